The Bertz CT molecular complexity index is 589. The Morgan fingerprint density at radius 1 is 1.61 bits per heavy atom. The molecular formula is C15H19F2IN2O3. The lowest BCUT2D eigenvalue weighted by Crippen LogP contribution is -2.59. The number of pyridine rings is 1. The first kappa shape index (κ1) is 18.2. The molecule has 0 aliphatic carbocycles. The summed E-state index contributed by atoms with van der Waals surface area (Å²) in [5.74, 6) is -0.804. The van der Waals surface area contributed by atoms with Crippen LogP contribution in [0.4, 0.5) is 13.6 Å². The van der Waals surface area contributed by atoms with Crippen LogP contribution in [-0.2, 0) is 0 Å². The fourth-order valence-electron chi connectivity index (χ4n) is 2.96. The number of carbonyl (C=O) groups is 1. The highest BCUT2D eigenvalue weighted by Crippen LogP contribution is 2.45. The highest BCUT2D eigenvalue weighted by atomic mass is 127. The number of aromatic nitrogens is 1. The minimum Gasteiger partial charge on any atom is -0.485 e. The minimum atomic E-state index is -1.27. The van der Waals surface area contributed by atoms with E-state index in [4.69, 9.17) is 4.74 Å². The summed E-state index contributed by atoms with van der Waals surface area (Å²) in [4.78, 5) is 16.2. The zero-order valence-corrected chi connectivity index (χ0v) is 15.3. The summed E-state index contributed by atoms with van der Waals surface area (Å²) in [5, 5.41) is 9.45. The van der Waals surface area contributed by atoms with Gasteiger partial charge in [0.05, 0.1) is 15.7 Å². The normalized spacial score (nSPS) is 24.8. The lowest BCUT2D eigenvalue weighted by molar-refractivity contribution is -0.00533. The Morgan fingerprint density at radius 3 is 2.78 bits per heavy atom. The number of carboxylic acid groups (broad SMARTS) is 1. The Morgan fingerprint density at radius 2 is 2.26 bits per heavy atom. The molecule has 0 unspecified atom stereocenters. The molecule has 1 aliphatic rings. The molecule has 0 aromatic carbocycles. The predicted octanol–water partition coefficient (Wildman–Crippen LogP) is 3.71. The van der Waals surface area contributed by atoms with Gasteiger partial charge in [0.2, 0.25) is 0 Å². The first-order chi connectivity index (χ1) is 10.6. The van der Waals surface area contributed by atoms with Gasteiger partial charge in [-0.2, -0.15) is 4.39 Å². The second-order valence-corrected chi connectivity index (χ2v) is 7.84. The van der Waals surface area contributed by atoms with Gasteiger partial charge in [0.15, 0.2) is 5.75 Å². The van der Waals surface area contributed by atoms with Gasteiger partial charge in [-0.3, -0.25) is 4.90 Å². The first-order valence-electron chi connectivity index (χ1n) is 7.16. The maximum Gasteiger partial charge on any atom is 0.407 e. The van der Waals surface area contributed by atoms with Crippen molar-refractivity contribution < 1.29 is 23.4 Å². The molecule has 1 aliphatic heterocycles. The molecule has 0 spiro atoms. The number of amides is 1. The summed E-state index contributed by atoms with van der Waals surface area (Å²) in [6, 6.07) is 1.59. The van der Waals surface area contributed by atoms with Crippen LogP contribution < -0.4 is 4.74 Å². The van der Waals surface area contributed by atoms with E-state index in [0.717, 1.165) is 4.90 Å². The van der Waals surface area contributed by atoms with Crippen molar-refractivity contribution in [2.45, 2.75) is 38.9 Å². The second kappa shape index (κ2) is 6.37. The number of halogens is 3. The van der Waals surface area contributed by atoms with Crippen molar-refractivity contribution in [3.05, 3.63) is 21.8 Å². The lowest BCUT2D eigenvalue weighted by Gasteiger charge is -2.46. The summed E-state index contributed by atoms with van der Waals surface area (Å²) in [5.41, 5.74) is -1.67. The fraction of sp³-hybridized carbons (Fsp3) is 0.600. The predicted molar refractivity (Wildman–Crippen MR) is 88.8 cm³/mol. The van der Waals surface area contributed by atoms with Gasteiger partial charge in [-0.15, -0.1) is 0 Å². The zero-order chi connectivity index (χ0) is 17.4. The van der Waals surface area contributed by atoms with Gasteiger partial charge >= 0.3 is 6.09 Å². The minimum absolute atomic E-state index is 0.0151. The zero-order valence-electron chi connectivity index (χ0n) is 13.1. The summed E-state index contributed by atoms with van der Waals surface area (Å²) in [7, 11) is 0. The molecule has 1 amide bonds. The molecule has 8 heteroatoms. The highest BCUT2D eigenvalue weighted by molar-refractivity contribution is 14.1. The SMILES string of the molecule is CC(C)(C)[C@]1(COc2c(I)ccnc2F)C[C@H](F)CN1C(=O)O. The molecule has 23 heavy (non-hydrogen) atoms. The Kier molecular flexibility index (Phi) is 5.03. The van der Waals surface area contributed by atoms with Gasteiger partial charge in [0.25, 0.3) is 5.95 Å². The maximum absolute atomic E-state index is 14.0. The van der Waals surface area contributed by atoms with Crippen molar-refractivity contribution in [1.29, 1.82) is 0 Å². The van der Waals surface area contributed by atoms with Crippen LogP contribution in [0.3, 0.4) is 0 Å². The van der Waals surface area contributed by atoms with E-state index in [9.17, 15) is 18.7 Å². The molecule has 0 radical (unpaired) electrons. The average Bonchev–Trinajstić information content (AvgIpc) is 2.76. The largest absolute Gasteiger partial charge is 0.485 e. The van der Waals surface area contributed by atoms with Crippen LogP contribution in [0.15, 0.2) is 12.3 Å². The molecule has 128 valence electrons. The maximum atomic E-state index is 14.0. The van der Waals surface area contributed by atoms with Crippen LogP contribution in [0, 0.1) is 14.9 Å². The average molecular weight is 440 g/mol. The van der Waals surface area contributed by atoms with Crippen molar-refractivity contribution >= 4 is 28.7 Å². The number of rotatable bonds is 3. The summed E-state index contributed by atoms with van der Waals surface area (Å²) in [6.45, 7) is 5.14. The molecule has 1 saturated heterocycles. The van der Waals surface area contributed by atoms with Crippen molar-refractivity contribution in [2.24, 2.45) is 5.41 Å². The van der Waals surface area contributed by atoms with Gasteiger partial charge < -0.3 is 9.84 Å². The summed E-state index contributed by atoms with van der Waals surface area (Å²) in [6.07, 6.45) is -1.14. The Labute approximate surface area is 147 Å². The van der Waals surface area contributed by atoms with Gasteiger partial charge in [0, 0.05) is 12.6 Å². The van der Waals surface area contributed by atoms with Crippen LogP contribution in [-0.4, -0.2) is 45.9 Å². The smallest absolute Gasteiger partial charge is 0.407 e. The van der Waals surface area contributed by atoms with Gasteiger partial charge in [0.1, 0.15) is 12.8 Å². The molecule has 0 saturated carbocycles. The van der Waals surface area contributed by atoms with Crippen LogP contribution in [0.25, 0.3) is 0 Å². The second-order valence-electron chi connectivity index (χ2n) is 6.68. The number of hydrogen-bond donors (Lipinski definition) is 1. The summed E-state index contributed by atoms with van der Waals surface area (Å²) < 4.78 is 33.9. The van der Waals surface area contributed by atoms with Crippen LogP contribution in [0.5, 0.6) is 5.75 Å². The van der Waals surface area contributed by atoms with E-state index in [-0.39, 0.29) is 25.3 Å². The van der Waals surface area contributed by atoms with E-state index in [1.54, 1.807) is 6.07 Å². The molecular weight excluding hydrogens is 421 g/mol. The first-order valence-corrected chi connectivity index (χ1v) is 8.24. The molecule has 2 atom stereocenters. The van der Waals surface area contributed by atoms with Gasteiger partial charge in [-0.1, -0.05) is 20.8 Å². The Hall–Kier alpha value is -1.19. The highest BCUT2D eigenvalue weighted by Gasteiger charge is 2.56. The molecule has 2 heterocycles. The van der Waals surface area contributed by atoms with Crippen LogP contribution in [0.2, 0.25) is 0 Å². The standard InChI is InChI=1S/C15H19F2IN2O3/c1-14(2,3)15(6-9(16)7-20(15)13(21)22)8-23-11-10(18)4-5-19-12(11)17/h4-5,9H,6-8H2,1-3H3,(H,21,22)/t9-,15+/m0/s1. The molecule has 1 aromatic rings. The molecule has 1 N–H and O–H groups in total. The molecule has 1 aromatic heterocycles. The van der Waals surface area contributed by atoms with E-state index < -0.39 is 29.2 Å². The van der Waals surface area contributed by atoms with Crippen LogP contribution in [0.1, 0.15) is 27.2 Å². The van der Waals surface area contributed by atoms with Crippen molar-refractivity contribution in [3.8, 4) is 5.75 Å². The number of likely N-dealkylation sites (tertiary alicyclic amines) is 1. The number of hydrogen-bond acceptors (Lipinski definition) is 3. The Balaban J connectivity index is 2.36. The van der Waals surface area contributed by atoms with Crippen molar-refractivity contribution in [1.82, 2.24) is 9.88 Å². The molecule has 1 fully saturated rings. The monoisotopic (exact) mass is 440 g/mol. The third-order valence-corrected chi connectivity index (χ3v) is 5.20. The van der Waals surface area contributed by atoms with Gasteiger partial charge in [-0.05, 0) is 34.1 Å². The van der Waals surface area contributed by atoms with E-state index in [1.165, 1.54) is 6.20 Å². The number of alkyl halides is 1. The van der Waals surface area contributed by atoms with E-state index in [2.05, 4.69) is 4.98 Å². The molecule has 5 nitrogen and oxygen atoms in total. The third kappa shape index (κ3) is 3.36. The molecule has 2 rings (SSSR count). The van der Waals surface area contributed by atoms with Crippen LogP contribution >= 0.6 is 22.6 Å². The van der Waals surface area contributed by atoms with E-state index >= 15 is 0 Å². The lowest BCUT2D eigenvalue weighted by atomic mass is 9.72. The third-order valence-electron chi connectivity index (χ3n) is 4.35. The fourth-order valence-corrected chi connectivity index (χ4v) is 3.50. The van der Waals surface area contributed by atoms with Crippen molar-refractivity contribution in [3.63, 3.8) is 0 Å². The van der Waals surface area contributed by atoms with E-state index in [1.807, 2.05) is 43.4 Å². The number of ether oxygens (including phenoxy) is 1. The topological polar surface area (TPSA) is 62.7 Å². The van der Waals surface area contributed by atoms with Crippen molar-refractivity contribution in [2.75, 3.05) is 13.2 Å². The summed E-state index contributed by atoms with van der Waals surface area (Å²) >= 11 is 1.91. The number of nitrogens with zero attached hydrogens (tertiary/aromatic N) is 2. The quantitative estimate of drug-likeness (QED) is 0.575. The van der Waals surface area contributed by atoms with Gasteiger partial charge in [-0.25, -0.2) is 14.2 Å². The van der Waals surface area contributed by atoms with E-state index in [0.29, 0.717) is 3.57 Å². The molecule has 0 bridgehead atoms.